The molecule has 0 spiro atoms. The summed E-state index contributed by atoms with van der Waals surface area (Å²) in [7, 11) is 0. The molecule has 0 bridgehead atoms. The molecule has 0 saturated heterocycles. The number of aryl methyl sites for hydroxylation is 2. The molecule has 4 rings (SSSR count). The first kappa shape index (κ1) is 15.9. The molecule has 2 N–H and O–H groups in total. The molecule has 1 aliphatic rings. The van der Waals surface area contributed by atoms with Crippen molar-refractivity contribution in [3.05, 3.63) is 47.5 Å². The summed E-state index contributed by atoms with van der Waals surface area (Å²) in [4.78, 5) is 0. The zero-order valence-corrected chi connectivity index (χ0v) is 14.5. The number of ether oxygens (including phenoxy) is 1. The van der Waals surface area contributed by atoms with Gasteiger partial charge >= 0.3 is 0 Å². The van der Waals surface area contributed by atoms with Crippen LogP contribution >= 0.6 is 0 Å². The summed E-state index contributed by atoms with van der Waals surface area (Å²) in [5.41, 5.74) is 9.34. The maximum atomic E-state index is 5.93. The van der Waals surface area contributed by atoms with E-state index in [1.165, 1.54) is 0 Å². The maximum Gasteiger partial charge on any atom is 0.264 e. The smallest absolute Gasteiger partial charge is 0.264 e. The molecule has 1 radical (unpaired) electrons. The number of aromatic nitrogens is 3. The molecule has 1 aliphatic carbocycles. The molecule has 3 aromatic rings. The second-order valence-electron chi connectivity index (χ2n) is 6.37. The second-order valence-corrected chi connectivity index (χ2v) is 6.37. The number of hydrogen-bond donors (Lipinski definition) is 1. The molecule has 6 nitrogen and oxygen atoms in total. The number of rotatable bonds is 6. The van der Waals surface area contributed by atoms with Gasteiger partial charge < -0.3 is 19.5 Å². The van der Waals surface area contributed by atoms with Crippen LogP contribution in [0.5, 0.6) is 5.75 Å². The van der Waals surface area contributed by atoms with Crippen molar-refractivity contribution in [3.63, 3.8) is 0 Å². The highest BCUT2D eigenvalue weighted by atomic mass is 16.5. The van der Waals surface area contributed by atoms with Gasteiger partial charge in [-0.05, 0) is 44.4 Å². The minimum Gasteiger partial charge on any atom is -0.492 e. The fraction of sp³-hybridized carbons (Fsp3) is 0.368. The summed E-state index contributed by atoms with van der Waals surface area (Å²) >= 11 is 0. The van der Waals surface area contributed by atoms with Gasteiger partial charge in [0.2, 0.25) is 5.89 Å². The van der Waals surface area contributed by atoms with Crippen LogP contribution in [0.4, 0.5) is 0 Å². The third kappa shape index (κ3) is 3.05. The van der Waals surface area contributed by atoms with Crippen molar-refractivity contribution >= 4 is 0 Å². The van der Waals surface area contributed by atoms with Gasteiger partial charge in [-0.2, -0.15) is 0 Å². The topological polar surface area (TPSA) is 79.1 Å². The Kier molecular flexibility index (Phi) is 4.05. The van der Waals surface area contributed by atoms with Crippen molar-refractivity contribution < 1.29 is 9.15 Å². The predicted octanol–water partition coefficient (Wildman–Crippen LogP) is 3.16. The van der Waals surface area contributed by atoms with Crippen molar-refractivity contribution in [1.82, 2.24) is 14.8 Å². The summed E-state index contributed by atoms with van der Waals surface area (Å²) in [6, 6.07) is 11.3. The van der Waals surface area contributed by atoms with Crippen LogP contribution in [-0.2, 0) is 0 Å². The average molecular weight is 337 g/mol. The highest BCUT2D eigenvalue weighted by molar-refractivity contribution is 5.60. The Balaban J connectivity index is 1.76. The minimum atomic E-state index is 0.433. The summed E-state index contributed by atoms with van der Waals surface area (Å²) in [6.45, 7) is 4.99. The summed E-state index contributed by atoms with van der Waals surface area (Å²) in [6.07, 6.45) is 2.26. The lowest BCUT2D eigenvalue weighted by molar-refractivity contribution is 0.328. The lowest BCUT2D eigenvalue weighted by Gasteiger charge is -2.12. The molecule has 1 fully saturated rings. The zero-order valence-electron chi connectivity index (χ0n) is 14.5. The molecular formula is C19H21N4O2. The van der Waals surface area contributed by atoms with E-state index < -0.39 is 0 Å². The normalized spacial score (nSPS) is 14.0. The van der Waals surface area contributed by atoms with Crippen LogP contribution in [0.3, 0.4) is 0 Å². The van der Waals surface area contributed by atoms with Gasteiger partial charge in [0.05, 0.1) is 0 Å². The SMILES string of the molecule is Cc1[c]c(C)n(-c2cccc(OCCN)c2)c1-c1nnc(C2CC2)o1. The van der Waals surface area contributed by atoms with Gasteiger partial charge in [0, 0.05) is 36.0 Å². The first-order valence-corrected chi connectivity index (χ1v) is 8.55. The Morgan fingerprint density at radius 1 is 1.32 bits per heavy atom. The first-order valence-electron chi connectivity index (χ1n) is 8.55. The van der Waals surface area contributed by atoms with Crippen molar-refractivity contribution in [3.8, 4) is 23.0 Å². The van der Waals surface area contributed by atoms with Gasteiger partial charge in [-0.1, -0.05) is 6.07 Å². The van der Waals surface area contributed by atoms with E-state index >= 15 is 0 Å². The Bertz CT molecular complexity index is 893. The lowest BCUT2D eigenvalue weighted by Crippen LogP contribution is -2.10. The van der Waals surface area contributed by atoms with Crippen molar-refractivity contribution in [2.45, 2.75) is 32.6 Å². The van der Waals surface area contributed by atoms with Gasteiger partial charge in [0.1, 0.15) is 18.1 Å². The van der Waals surface area contributed by atoms with Crippen LogP contribution in [0, 0.1) is 19.9 Å². The van der Waals surface area contributed by atoms with Gasteiger partial charge in [-0.15, -0.1) is 10.2 Å². The minimum absolute atomic E-state index is 0.433. The summed E-state index contributed by atoms with van der Waals surface area (Å²) in [5, 5.41) is 8.49. The van der Waals surface area contributed by atoms with E-state index in [1.54, 1.807) is 0 Å². The van der Waals surface area contributed by atoms with Gasteiger partial charge in [-0.3, -0.25) is 0 Å². The zero-order chi connectivity index (χ0) is 17.4. The number of nitrogens with zero attached hydrogens (tertiary/aromatic N) is 3. The van der Waals surface area contributed by atoms with Crippen LogP contribution in [0.1, 0.15) is 35.9 Å². The summed E-state index contributed by atoms with van der Waals surface area (Å²) in [5.74, 6) is 2.49. The third-order valence-electron chi connectivity index (χ3n) is 4.31. The highest BCUT2D eigenvalue weighted by Gasteiger charge is 2.30. The molecule has 0 atom stereocenters. The average Bonchev–Trinajstić information content (AvgIpc) is 3.27. The van der Waals surface area contributed by atoms with Crippen LogP contribution in [0.25, 0.3) is 17.3 Å². The highest BCUT2D eigenvalue weighted by Crippen LogP contribution is 2.40. The quantitative estimate of drug-likeness (QED) is 0.747. The van der Waals surface area contributed by atoms with Gasteiger partial charge in [0.25, 0.3) is 5.89 Å². The predicted molar refractivity (Wildman–Crippen MR) is 93.9 cm³/mol. The third-order valence-corrected chi connectivity index (χ3v) is 4.31. The summed E-state index contributed by atoms with van der Waals surface area (Å²) < 4.78 is 13.7. The molecule has 129 valence electrons. The molecule has 25 heavy (non-hydrogen) atoms. The Morgan fingerprint density at radius 2 is 2.16 bits per heavy atom. The van der Waals surface area contributed by atoms with Crippen LogP contribution < -0.4 is 10.5 Å². The van der Waals surface area contributed by atoms with Crippen molar-refractivity contribution in [1.29, 1.82) is 0 Å². The van der Waals surface area contributed by atoms with Gasteiger partial charge in [-0.25, -0.2) is 0 Å². The fourth-order valence-electron chi connectivity index (χ4n) is 3.02. The number of hydrogen-bond acceptors (Lipinski definition) is 5. The number of benzene rings is 1. The fourth-order valence-corrected chi connectivity index (χ4v) is 3.02. The van der Waals surface area contributed by atoms with E-state index in [-0.39, 0.29) is 0 Å². The largest absolute Gasteiger partial charge is 0.492 e. The van der Waals surface area contributed by atoms with E-state index in [4.69, 9.17) is 14.9 Å². The van der Waals surface area contributed by atoms with Crippen LogP contribution in [0.15, 0.2) is 28.7 Å². The van der Waals surface area contributed by atoms with Gasteiger partial charge in [0.15, 0.2) is 0 Å². The molecule has 0 unspecified atom stereocenters. The Morgan fingerprint density at radius 3 is 2.92 bits per heavy atom. The molecule has 6 heteroatoms. The van der Waals surface area contributed by atoms with Crippen molar-refractivity contribution in [2.75, 3.05) is 13.2 Å². The molecule has 1 aromatic carbocycles. The van der Waals surface area contributed by atoms with E-state index in [9.17, 15) is 0 Å². The Hall–Kier alpha value is -2.60. The first-order chi connectivity index (χ1) is 12.2. The lowest BCUT2D eigenvalue weighted by atomic mass is 10.2. The molecule has 0 amide bonds. The van der Waals surface area contributed by atoms with E-state index in [0.717, 1.165) is 47.1 Å². The number of nitrogens with two attached hydrogens (primary N) is 1. The molecule has 2 aromatic heterocycles. The van der Waals surface area contributed by atoms with Crippen molar-refractivity contribution in [2.24, 2.45) is 5.73 Å². The molecule has 0 aliphatic heterocycles. The molecule has 1 saturated carbocycles. The standard InChI is InChI=1S/C19H21N4O2/c1-12-10-13(2)23(15-4-3-5-16(11-15)24-9-8-20)17(12)19-22-21-18(25-19)14-6-7-14/h3-5,11,14H,6-9,20H2,1-2H3. The molecular weight excluding hydrogens is 316 g/mol. The van der Waals surface area contributed by atoms with E-state index in [0.29, 0.717) is 25.0 Å². The Labute approximate surface area is 146 Å². The maximum absolute atomic E-state index is 5.93. The van der Waals surface area contributed by atoms with Crippen LogP contribution in [0.2, 0.25) is 0 Å². The van der Waals surface area contributed by atoms with E-state index in [1.807, 2.05) is 38.1 Å². The monoisotopic (exact) mass is 337 g/mol. The second kappa shape index (κ2) is 6.37. The van der Waals surface area contributed by atoms with E-state index in [2.05, 4.69) is 20.8 Å². The molecule has 2 heterocycles. The van der Waals surface area contributed by atoms with Crippen LogP contribution in [-0.4, -0.2) is 27.9 Å².